The molecule has 2 unspecified atom stereocenters. The summed E-state index contributed by atoms with van der Waals surface area (Å²) in [7, 11) is 1.87. The average Bonchev–Trinajstić information content (AvgIpc) is 3.15. The molecule has 3 rings (SSSR count). The van der Waals surface area contributed by atoms with Crippen LogP contribution < -0.4 is 10.6 Å². The summed E-state index contributed by atoms with van der Waals surface area (Å²) < 4.78 is 11.1. The number of hydrogen-bond acceptors (Lipinski definition) is 5. The minimum absolute atomic E-state index is 0.459. The van der Waals surface area contributed by atoms with Crippen molar-refractivity contribution in [3.05, 3.63) is 47.4 Å². The SMILES string of the molecule is C=C(C)CCCC1=C(C)OCCCO1.C=Nc1cc(C)ccc1NC.CC.CC.CC1CCCC(NC=O)C1. The fourth-order valence-corrected chi connectivity index (χ4v) is 4.13. The maximum atomic E-state index is 10.1. The van der Waals surface area contributed by atoms with Crippen LogP contribution in [0.15, 0.2) is 46.9 Å². The second-order valence-corrected chi connectivity index (χ2v) is 9.52. The Labute approximate surface area is 240 Å². The van der Waals surface area contributed by atoms with Gasteiger partial charge in [0.05, 0.1) is 24.6 Å². The van der Waals surface area contributed by atoms with Crippen LogP contribution in [0.25, 0.3) is 0 Å². The van der Waals surface area contributed by atoms with Crippen molar-refractivity contribution in [2.45, 2.75) is 113 Å². The molecule has 1 amide bonds. The lowest BCUT2D eigenvalue weighted by Crippen LogP contribution is -2.32. The van der Waals surface area contributed by atoms with Crippen molar-refractivity contribution in [2.24, 2.45) is 10.9 Å². The number of benzene rings is 1. The van der Waals surface area contributed by atoms with Crippen LogP contribution in [0, 0.1) is 12.8 Å². The first-order valence-corrected chi connectivity index (χ1v) is 14.8. The molecule has 224 valence electrons. The maximum absolute atomic E-state index is 10.1. The topological polar surface area (TPSA) is 72.0 Å². The minimum atomic E-state index is 0.459. The Bertz CT molecular complexity index is 820. The molecule has 0 spiro atoms. The first kappa shape index (κ1) is 38.4. The molecule has 0 saturated heterocycles. The highest BCUT2D eigenvalue weighted by molar-refractivity contribution is 5.68. The van der Waals surface area contributed by atoms with Gasteiger partial charge < -0.3 is 20.1 Å². The van der Waals surface area contributed by atoms with E-state index in [0.29, 0.717) is 6.04 Å². The molecule has 0 bridgehead atoms. The number of carbonyl (C=O) groups is 1. The number of ether oxygens (including phenoxy) is 2. The smallest absolute Gasteiger partial charge is 0.207 e. The molecule has 39 heavy (non-hydrogen) atoms. The van der Waals surface area contributed by atoms with Gasteiger partial charge in [0, 0.05) is 25.9 Å². The van der Waals surface area contributed by atoms with Crippen molar-refractivity contribution in [2.75, 3.05) is 25.6 Å². The third-order valence-electron chi connectivity index (χ3n) is 6.12. The summed E-state index contributed by atoms with van der Waals surface area (Å²) >= 11 is 0. The summed E-state index contributed by atoms with van der Waals surface area (Å²) in [6, 6.07) is 6.50. The standard InChI is InChI=1S/C12H20O2.C9H12N2.C8H15NO.2C2H6/c1-10(2)6-4-7-12-11(3)13-8-5-9-14-12;1-7-4-5-8(10-2)9(6-7)11-3;1-7-3-2-4-8(5-7)9-6-10;2*1-2/h1,4-9H2,2-3H3;4-6,10H,3H2,1-2H3;6-8H,2-5H2,1H3,(H,9,10);2*1-2H3. The van der Waals surface area contributed by atoms with Gasteiger partial charge in [-0.1, -0.05) is 59.1 Å². The molecule has 1 saturated carbocycles. The van der Waals surface area contributed by atoms with Gasteiger partial charge in [-0.2, -0.15) is 0 Å². The van der Waals surface area contributed by atoms with Gasteiger partial charge in [0.2, 0.25) is 6.41 Å². The molecule has 1 aliphatic carbocycles. The zero-order valence-electron chi connectivity index (χ0n) is 26.6. The van der Waals surface area contributed by atoms with Crippen molar-refractivity contribution in [3.63, 3.8) is 0 Å². The molecule has 0 radical (unpaired) electrons. The van der Waals surface area contributed by atoms with Crippen molar-refractivity contribution in [1.82, 2.24) is 5.32 Å². The molecule has 2 aliphatic rings. The first-order chi connectivity index (χ1) is 18.8. The molecule has 1 aromatic carbocycles. The first-order valence-electron chi connectivity index (χ1n) is 14.8. The molecule has 0 aromatic heterocycles. The normalized spacial score (nSPS) is 17.6. The minimum Gasteiger partial charge on any atom is -0.495 e. The number of allylic oxidation sites excluding steroid dienone is 3. The van der Waals surface area contributed by atoms with Crippen molar-refractivity contribution in [3.8, 4) is 0 Å². The number of hydrogen-bond donors (Lipinski definition) is 2. The van der Waals surface area contributed by atoms with E-state index in [1.165, 1.54) is 36.8 Å². The summed E-state index contributed by atoms with van der Waals surface area (Å²) in [4.78, 5) is 14.0. The molecule has 1 heterocycles. The monoisotopic (exact) mass is 545 g/mol. The third-order valence-corrected chi connectivity index (χ3v) is 6.12. The van der Waals surface area contributed by atoms with Crippen LogP contribution in [0.1, 0.15) is 105 Å². The molecule has 1 aliphatic heterocycles. The summed E-state index contributed by atoms with van der Waals surface area (Å²) in [6.07, 6.45) is 9.89. The highest BCUT2D eigenvalue weighted by Crippen LogP contribution is 2.25. The Morgan fingerprint density at radius 1 is 1.10 bits per heavy atom. The number of aliphatic imine (C=N–C) groups is 1. The summed E-state index contributed by atoms with van der Waals surface area (Å²) in [5, 5.41) is 5.87. The van der Waals surface area contributed by atoms with Crippen LogP contribution in [0.5, 0.6) is 0 Å². The van der Waals surface area contributed by atoms with Gasteiger partial charge in [-0.15, -0.1) is 6.58 Å². The van der Waals surface area contributed by atoms with Crippen LogP contribution in [-0.2, 0) is 14.3 Å². The van der Waals surface area contributed by atoms with E-state index in [2.05, 4.69) is 42.8 Å². The van der Waals surface area contributed by atoms with E-state index < -0.39 is 0 Å². The lowest BCUT2D eigenvalue weighted by molar-refractivity contribution is -0.110. The second kappa shape index (κ2) is 25.5. The number of nitrogens with zero attached hydrogens (tertiary/aromatic N) is 1. The van der Waals surface area contributed by atoms with Crippen molar-refractivity contribution in [1.29, 1.82) is 0 Å². The molecule has 2 N–H and O–H groups in total. The predicted molar refractivity (Wildman–Crippen MR) is 171 cm³/mol. The number of nitrogens with one attached hydrogen (secondary N) is 2. The summed E-state index contributed by atoms with van der Waals surface area (Å²) in [6.45, 7) is 25.3. The number of carbonyl (C=O) groups excluding carboxylic acids is 1. The average molecular weight is 546 g/mol. The highest BCUT2D eigenvalue weighted by Gasteiger charge is 2.17. The Morgan fingerprint density at radius 3 is 2.33 bits per heavy atom. The molecule has 1 aromatic rings. The molecular formula is C33H59N3O3. The number of rotatable bonds is 8. The number of anilines is 1. The van der Waals surface area contributed by atoms with E-state index in [9.17, 15) is 4.79 Å². The Morgan fingerprint density at radius 2 is 1.77 bits per heavy atom. The van der Waals surface area contributed by atoms with Gasteiger partial charge in [-0.3, -0.25) is 9.79 Å². The molecular weight excluding hydrogens is 486 g/mol. The van der Waals surface area contributed by atoms with E-state index in [0.717, 1.165) is 74.1 Å². The lowest BCUT2D eigenvalue weighted by Gasteiger charge is -2.25. The van der Waals surface area contributed by atoms with E-state index in [1.807, 2.05) is 66.8 Å². The molecule has 1 fully saturated rings. The van der Waals surface area contributed by atoms with Crippen LogP contribution in [-0.4, -0.2) is 39.4 Å². The van der Waals surface area contributed by atoms with Crippen molar-refractivity contribution >= 4 is 24.5 Å². The van der Waals surface area contributed by atoms with Crippen LogP contribution in [0.2, 0.25) is 0 Å². The molecule has 6 nitrogen and oxygen atoms in total. The second-order valence-electron chi connectivity index (χ2n) is 9.52. The van der Waals surface area contributed by atoms with Crippen LogP contribution in [0.3, 0.4) is 0 Å². The zero-order valence-corrected chi connectivity index (χ0v) is 26.6. The zero-order chi connectivity index (χ0) is 30.1. The van der Waals surface area contributed by atoms with Crippen LogP contribution >= 0.6 is 0 Å². The summed E-state index contributed by atoms with van der Waals surface area (Å²) in [5.74, 6) is 2.79. The van der Waals surface area contributed by atoms with Gasteiger partial charge in [-0.05, 0) is 76.8 Å². The third kappa shape index (κ3) is 19.0. The van der Waals surface area contributed by atoms with E-state index >= 15 is 0 Å². The van der Waals surface area contributed by atoms with Gasteiger partial charge in [-0.25, -0.2) is 0 Å². The predicted octanol–water partition coefficient (Wildman–Crippen LogP) is 9.13. The molecule has 6 heteroatoms. The van der Waals surface area contributed by atoms with Gasteiger partial charge in [0.15, 0.2) is 0 Å². The Balaban J connectivity index is 0. The van der Waals surface area contributed by atoms with Crippen molar-refractivity contribution < 1.29 is 14.3 Å². The maximum Gasteiger partial charge on any atom is 0.207 e. The van der Waals surface area contributed by atoms with Gasteiger partial charge in [0.1, 0.15) is 11.5 Å². The van der Waals surface area contributed by atoms with E-state index in [4.69, 9.17) is 9.47 Å². The Hall–Kier alpha value is -2.76. The van der Waals surface area contributed by atoms with E-state index in [-0.39, 0.29) is 0 Å². The fraction of sp³-hybridized carbons (Fsp3) is 0.636. The lowest BCUT2D eigenvalue weighted by atomic mass is 9.87. The summed E-state index contributed by atoms with van der Waals surface area (Å²) in [5.41, 5.74) is 4.36. The van der Waals surface area contributed by atoms with Gasteiger partial charge >= 0.3 is 0 Å². The Kier molecular flexibility index (Phi) is 25.1. The number of amides is 1. The fourth-order valence-electron chi connectivity index (χ4n) is 4.13. The van der Waals surface area contributed by atoms with Gasteiger partial charge in [0.25, 0.3) is 0 Å². The largest absolute Gasteiger partial charge is 0.495 e. The van der Waals surface area contributed by atoms with Crippen LogP contribution in [0.4, 0.5) is 11.4 Å². The highest BCUT2D eigenvalue weighted by atomic mass is 16.5. The quantitative estimate of drug-likeness (QED) is 0.194. The molecule has 2 atom stereocenters. The van der Waals surface area contributed by atoms with E-state index in [1.54, 1.807) is 0 Å². The number of aryl methyl sites for hydroxylation is 1.